The zero-order valence-electron chi connectivity index (χ0n) is 13.9. The van der Waals surface area contributed by atoms with Gasteiger partial charge in [0.05, 0.1) is 0 Å². The lowest BCUT2D eigenvalue weighted by Crippen LogP contribution is -2.48. The lowest BCUT2D eigenvalue weighted by molar-refractivity contribution is -0.134. The molecular formula is C18H26ClN3O2. The molecule has 1 unspecified atom stereocenters. The fraction of sp³-hybridized carbons (Fsp3) is 0.556. The van der Waals surface area contributed by atoms with Gasteiger partial charge in [0.25, 0.3) is 0 Å². The fourth-order valence-corrected chi connectivity index (χ4v) is 3.67. The summed E-state index contributed by atoms with van der Waals surface area (Å²) in [5.74, 6) is 0.238. The number of rotatable bonds is 4. The molecule has 0 aromatic heterocycles. The molecule has 2 heterocycles. The number of benzene rings is 1. The van der Waals surface area contributed by atoms with Crippen LogP contribution in [-0.2, 0) is 16.0 Å². The van der Waals surface area contributed by atoms with Gasteiger partial charge in [-0.1, -0.05) is 18.2 Å². The Labute approximate surface area is 149 Å². The van der Waals surface area contributed by atoms with Crippen LogP contribution >= 0.6 is 12.4 Å². The van der Waals surface area contributed by atoms with Gasteiger partial charge in [0.2, 0.25) is 11.8 Å². The second kappa shape index (κ2) is 8.49. The highest BCUT2D eigenvalue weighted by atomic mass is 35.5. The van der Waals surface area contributed by atoms with Crippen LogP contribution in [0.2, 0.25) is 0 Å². The fourth-order valence-electron chi connectivity index (χ4n) is 3.67. The van der Waals surface area contributed by atoms with Gasteiger partial charge in [-0.2, -0.15) is 0 Å². The minimum Gasteiger partial charge on any atom is -0.338 e. The standard InChI is InChI=1S/C18H25N3O2.ClH/c19-13-15-6-3-4-11-20(15)18(23)10-12-21-16-7-2-1-5-14(16)8-9-17(21)22;/h1-2,5,7,15H,3-4,6,8-13,19H2;1H. The molecule has 1 aromatic carbocycles. The van der Waals surface area contributed by atoms with Crippen molar-refractivity contribution < 1.29 is 9.59 Å². The third kappa shape index (κ3) is 3.90. The minimum absolute atomic E-state index is 0. The Kier molecular flexibility index (Phi) is 6.63. The Morgan fingerprint density at radius 3 is 2.79 bits per heavy atom. The first-order valence-corrected chi connectivity index (χ1v) is 8.58. The Bertz CT molecular complexity index is 593. The summed E-state index contributed by atoms with van der Waals surface area (Å²) < 4.78 is 0. The van der Waals surface area contributed by atoms with E-state index < -0.39 is 0 Å². The van der Waals surface area contributed by atoms with Crippen LogP contribution in [0, 0.1) is 0 Å². The molecule has 1 fully saturated rings. The quantitative estimate of drug-likeness (QED) is 0.903. The number of nitrogens with two attached hydrogens (primary N) is 1. The highest BCUT2D eigenvalue weighted by Gasteiger charge is 2.28. The lowest BCUT2D eigenvalue weighted by Gasteiger charge is -2.36. The van der Waals surface area contributed by atoms with Crippen molar-refractivity contribution in [1.29, 1.82) is 0 Å². The molecule has 24 heavy (non-hydrogen) atoms. The van der Waals surface area contributed by atoms with E-state index in [1.807, 2.05) is 23.1 Å². The summed E-state index contributed by atoms with van der Waals surface area (Å²) in [6.45, 7) is 1.78. The maximum atomic E-state index is 12.6. The molecule has 2 aliphatic heterocycles. The molecule has 6 heteroatoms. The summed E-state index contributed by atoms with van der Waals surface area (Å²) in [7, 11) is 0. The van der Waals surface area contributed by atoms with E-state index in [0.717, 1.165) is 37.9 Å². The third-order valence-corrected chi connectivity index (χ3v) is 4.96. The number of likely N-dealkylation sites (tertiary alicyclic amines) is 1. The van der Waals surface area contributed by atoms with E-state index in [1.165, 1.54) is 5.56 Å². The molecule has 1 saturated heterocycles. The molecule has 0 spiro atoms. The molecular weight excluding hydrogens is 326 g/mol. The van der Waals surface area contributed by atoms with Crippen LogP contribution in [0.1, 0.15) is 37.7 Å². The molecule has 2 N–H and O–H groups in total. The SMILES string of the molecule is Cl.NCC1CCCCN1C(=O)CCN1C(=O)CCc2ccccc21. The number of piperidine rings is 1. The van der Waals surface area contributed by atoms with Crippen molar-refractivity contribution in [3.8, 4) is 0 Å². The maximum Gasteiger partial charge on any atom is 0.227 e. The molecule has 0 bridgehead atoms. The summed E-state index contributed by atoms with van der Waals surface area (Å²) in [6.07, 6.45) is 4.88. The second-order valence-electron chi connectivity index (χ2n) is 6.40. The van der Waals surface area contributed by atoms with E-state index in [9.17, 15) is 9.59 Å². The van der Waals surface area contributed by atoms with Crippen molar-refractivity contribution in [2.24, 2.45) is 5.73 Å². The minimum atomic E-state index is 0. The van der Waals surface area contributed by atoms with Crippen molar-refractivity contribution in [2.45, 2.75) is 44.6 Å². The predicted molar refractivity (Wildman–Crippen MR) is 97.4 cm³/mol. The van der Waals surface area contributed by atoms with E-state index in [2.05, 4.69) is 6.07 Å². The largest absolute Gasteiger partial charge is 0.338 e. The molecule has 0 aliphatic carbocycles. The van der Waals surface area contributed by atoms with Crippen LogP contribution in [0.5, 0.6) is 0 Å². The topological polar surface area (TPSA) is 66.6 Å². The lowest BCUT2D eigenvalue weighted by atomic mass is 10.00. The first-order valence-electron chi connectivity index (χ1n) is 8.58. The van der Waals surface area contributed by atoms with Crippen molar-refractivity contribution in [3.05, 3.63) is 29.8 Å². The van der Waals surface area contributed by atoms with Gasteiger partial charge in [-0.15, -0.1) is 12.4 Å². The van der Waals surface area contributed by atoms with Crippen molar-refractivity contribution >= 4 is 29.9 Å². The van der Waals surface area contributed by atoms with Gasteiger partial charge < -0.3 is 15.5 Å². The molecule has 3 rings (SSSR count). The van der Waals surface area contributed by atoms with Crippen LogP contribution in [0.25, 0.3) is 0 Å². The molecule has 2 aliphatic rings. The van der Waals surface area contributed by atoms with Crippen molar-refractivity contribution in [3.63, 3.8) is 0 Å². The molecule has 132 valence electrons. The third-order valence-electron chi connectivity index (χ3n) is 4.96. The van der Waals surface area contributed by atoms with Crippen LogP contribution < -0.4 is 10.6 Å². The number of fused-ring (bicyclic) bond motifs is 1. The first-order chi connectivity index (χ1) is 11.2. The normalized spacial score (nSPS) is 20.4. The number of halogens is 1. The average Bonchev–Trinajstić information content (AvgIpc) is 2.60. The summed E-state index contributed by atoms with van der Waals surface area (Å²) in [4.78, 5) is 28.5. The van der Waals surface area contributed by atoms with Crippen LogP contribution in [0.15, 0.2) is 24.3 Å². The summed E-state index contributed by atoms with van der Waals surface area (Å²) in [5, 5.41) is 0. The van der Waals surface area contributed by atoms with E-state index in [4.69, 9.17) is 5.73 Å². The van der Waals surface area contributed by atoms with E-state index >= 15 is 0 Å². The van der Waals surface area contributed by atoms with Gasteiger partial charge in [0, 0.05) is 44.2 Å². The zero-order valence-corrected chi connectivity index (χ0v) is 14.8. The number of hydrogen-bond donors (Lipinski definition) is 1. The van der Waals surface area contributed by atoms with Gasteiger partial charge >= 0.3 is 0 Å². The maximum absolute atomic E-state index is 12.6. The van der Waals surface area contributed by atoms with Gasteiger partial charge in [0.15, 0.2) is 0 Å². The number of carbonyl (C=O) groups is 2. The second-order valence-corrected chi connectivity index (χ2v) is 6.40. The van der Waals surface area contributed by atoms with Crippen molar-refractivity contribution in [1.82, 2.24) is 4.90 Å². The zero-order chi connectivity index (χ0) is 16.2. The number of carbonyl (C=O) groups excluding carboxylic acids is 2. The van der Waals surface area contributed by atoms with Gasteiger partial charge in [-0.05, 0) is 37.3 Å². The summed E-state index contributed by atoms with van der Waals surface area (Å²) >= 11 is 0. The molecule has 1 atom stereocenters. The van der Waals surface area contributed by atoms with Crippen LogP contribution in [-0.4, -0.2) is 42.4 Å². The highest BCUT2D eigenvalue weighted by Crippen LogP contribution is 2.27. The van der Waals surface area contributed by atoms with E-state index in [-0.39, 0.29) is 30.3 Å². The van der Waals surface area contributed by atoms with Gasteiger partial charge in [0.1, 0.15) is 0 Å². The summed E-state index contributed by atoms with van der Waals surface area (Å²) in [5.41, 5.74) is 7.95. The van der Waals surface area contributed by atoms with E-state index in [1.54, 1.807) is 4.90 Å². The van der Waals surface area contributed by atoms with Gasteiger partial charge in [-0.25, -0.2) is 0 Å². The number of para-hydroxylation sites is 1. The Morgan fingerprint density at radius 2 is 2.00 bits per heavy atom. The van der Waals surface area contributed by atoms with E-state index in [0.29, 0.717) is 25.9 Å². The molecule has 5 nitrogen and oxygen atoms in total. The molecule has 1 aromatic rings. The summed E-state index contributed by atoms with van der Waals surface area (Å²) in [6, 6.07) is 8.14. The Morgan fingerprint density at radius 1 is 1.21 bits per heavy atom. The Balaban J connectivity index is 0.00000208. The average molecular weight is 352 g/mol. The van der Waals surface area contributed by atoms with Crippen LogP contribution in [0.4, 0.5) is 5.69 Å². The number of nitrogens with zero attached hydrogens (tertiary/aromatic N) is 2. The number of aryl methyl sites for hydroxylation is 1. The number of anilines is 1. The molecule has 0 saturated carbocycles. The number of amides is 2. The van der Waals surface area contributed by atoms with Gasteiger partial charge in [-0.3, -0.25) is 9.59 Å². The monoisotopic (exact) mass is 351 g/mol. The van der Waals surface area contributed by atoms with Crippen LogP contribution in [0.3, 0.4) is 0 Å². The predicted octanol–water partition coefficient (Wildman–Crippen LogP) is 2.12. The highest BCUT2D eigenvalue weighted by molar-refractivity contribution is 5.97. The molecule has 0 radical (unpaired) electrons. The smallest absolute Gasteiger partial charge is 0.227 e. The molecule has 2 amide bonds. The Hall–Kier alpha value is -1.59. The first kappa shape index (κ1) is 18.7. The van der Waals surface area contributed by atoms with Crippen molar-refractivity contribution in [2.75, 3.05) is 24.5 Å². The number of hydrogen-bond acceptors (Lipinski definition) is 3.